The number of benzene rings is 1. The lowest BCUT2D eigenvalue weighted by Gasteiger charge is -2.34. The second-order valence-corrected chi connectivity index (χ2v) is 6.40. The van der Waals surface area contributed by atoms with Crippen LogP contribution < -0.4 is 5.73 Å². The maximum absolute atomic E-state index is 12.8. The molecule has 0 spiro atoms. The van der Waals surface area contributed by atoms with E-state index in [0.29, 0.717) is 18.3 Å². The van der Waals surface area contributed by atoms with E-state index < -0.39 is 0 Å². The molecule has 1 aliphatic heterocycles. The Balaban J connectivity index is 1.78. The molecule has 2 N–H and O–H groups in total. The molecule has 2 unspecified atom stereocenters. The molecule has 0 aromatic heterocycles. The van der Waals surface area contributed by atoms with Crippen molar-refractivity contribution in [3.8, 4) is 0 Å². The summed E-state index contributed by atoms with van der Waals surface area (Å²) < 4.78 is 12.8. The van der Waals surface area contributed by atoms with Crippen LogP contribution in [-0.4, -0.2) is 36.3 Å². The van der Waals surface area contributed by atoms with Gasteiger partial charge in [0.25, 0.3) is 5.91 Å². The van der Waals surface area contributed by atoms with Crippen molar-refractivity contribution in [1.29, 1.82) is 0 Å². The molecule has 1 amide bonds. The summed E-state index contributed by atoms with van der Waals surface area (Å²) in [7, 11) is 0. The highest BCUT2D eigenvalue weighted by Crippen LogP contribution is 2.20. The van der Waals surface area contributed by atoms with Crippen LogP contribution in [0.3, 0.4) is 0 Å². The Kier molecular flexibility index (Phi) is 5.96. The second-order valence-electron chi connectivity index (χ2n) is 6.40. The van der Waals surface area contributed by atoms with E-state index in [4.69, 9.17) is 10.6 Å². The molecule has 0 radical (unpaired) electrons. The Hall–Kier alpha value is -2.11. The van der Waals surface area contributed by atoms with Gasteiger partial charge in [-0.3, -0.25) is 4.79 Å². The van der Waals surface area contributed by atoms with E-state index in [1.807, 2.05) is 4.90 Å². The van der Waals surface area contributed by atoms with Gasteiger partial charge < -0.3 is 15.5 Å². The molecule has 1 heterocycles. The van der Waals surface area contributed by atoms with Crippen molar-refractivity contribution in [3.05, 3.63) is 35.6 Å². The van der Waals surface area contributed by atoms with Gasteiger partial charge in [0.15, 0.2) is 6.61 Å². The van der Waals surface area contributed by atoms with Gasteiger partial charge in [0.05, 0.1) is 0 Å². The summed E-state index contributed by atoms with van der Waals surface area (Å²) in [4.78, 5) is 19.0. The van der Waals surface area contributed by atoms with Crippen LogP contribution in [0.4, 0.5) is 4.39 Å². The quantitative estimate of drug-likeness (QED) is 0.513. The van der Waals surface area contributed by atoms with Gasteiger partial charge in [-0.15, -0.1) is 0 Å². The van der Waals surface area contributed by atoms with Crippen LogP contribution in [0, 0.1) is 17.7 Å². The number of nitrogens with two attached hydrogens (primary N) is 1. The monoisotopic (exact) mass is 321 g/mol. The van der Waals surface area contributed by atoms with Gasteiger partial charge >= 0.3 is 0 Å². The summed E-state index contributed by atoms with van der Waals surface area (Å²) in [6, 6.07) is 6.01. The van der Waals surface area contributed by atoms with Crippen LogP contribution in [0.1, 0.15) is 25.8 Å². The lowest BCUT2D eigenvalue weighted by molar-refractivity contribution is -0.138. The summed E-state index contributed by atoms with van der Waals surface area (Å²) in [6.45, 7) is 5.72. The number of rotatable bonds is 5. The van der Waals surface area contributed by atoms with Crippen molar-refractivity contribution in [2.45, 2.75) is 26.7 Å². The van der Waals surface area contributed by atoms with E-state index in [9.17, 15) is 9.18 Å². The molecular formula is C17H24FN3O2. The summed E-state index contributed by atoms with van der Waals surface area (Å²) in [5.41, 5.74) is 6.59. The average Bonchev–Trinajstić information content (AvgIpc) is 2.48. The van der Waals surface area contributed by atoms with E-state index in [2.05, 4.69) is 19.0 Å². The summed E-state index contributed by atoms with van der Waals surface area (Å²) in [5.74, 6) is 0.909. The highest BCUT2D eigenvalue weighted by atomic mass is 19.1. The number of likely N-dealkylation sites (tertiary alicyclic amines) is 1. The fourth-order valence-electron chi connectivity index (χ4n) is 2.97. The first-order valence-corrected chi connectivity index (χ1v) is 7.90. The largest absolute Gasteiger partial charge is 0.384 e. The summed E-state index contributed by atoms with van der Waals surface area (Å²) in [6.07, 6.45) is 1.50. The van der Waals surface area contributed by atoms with Gasteiger partial charge in [-0.05, 0) is 36.0 Å². The van der Waals surface area contributed by atoms with Crippen LogP contribution in [0.15, 0.2) is 29.4 Å². The average molecular weight is 321 g/mol. The Morgan fingerprint density at radius 2 is 1.91 bits per heavy atom. The predicted octanol–water partition coefficient (Wildman–Crippen LogP) is 2.16. The van der Waals surface area contributed by atoms with Gasteiger partial charge in [0, 0.05) is 19.5 Å². The number of hydrogen-bond acceptors (Lipinski definition) is 3. The first kappa shape index (κ1) is 17.2. The minimum absolute atomic E-state index is 0.0678. The molecule has 23 heavy (non-hydrogen) atoms. The van der Waals surface area contributed by atoms with Crippen LogP contribution in [0.2, 0.25) is 0 Å². The van der Waals surface area contributed by atoms with E-state index in [1.54, 1.807) is 12.1 Å². The molecule has 1 saturated heterocycles. The Morgan fingerprint density at radius 3 is 2.52 bits per heavy atom. The fraction of sp³-hybridized carbons (Fsp3) is 0.529. The Morgan fingerprint density at radius 1 is 1.30 bits per heavy atom. The lowest BCUT2D eigenvalue weighted by atomic mass is 9.92. The molecule has 126 valence electrons. The molecule has 1 fully saturated rings. The van der Waals surface area contributed by atoms with Gasteiger partial charge in [-0.2, -0.15) is 0 Å². The SMILES string of the molecule is CC1CC(C)CN(C(=O)CO/N=C(\N)Cc2ccc(F)cc2)C1. The molecule has 2 rings (SSSR count). The van der Waals surface area contributed by atoms with Crippen LogP contribution in [0.25, 0.3) is 0 Å². The molecule has 6 heteroatoms. The minimum Gasteiger partial charge on any atom is -0.384 e. The number of piperidine rings is 1. The number of carbonyl (C=O) groups excluding carboxylic acids is 1. The molecule has 0 aliphatic carbocycles. The number of hydrogen-bond donors (Lipinski definition) is 1. The third-order valence-corrected chi connectivity index (χ3v) is 3.89. The molecular weight excluding hydrogens is 297 g/mol. The number of amidine groups is 1. The predicted molar refractivity (Wildman–Crippen MR) is 87.2 cm³/mol. The zero-order valence-corrected chi connectivity index (χ0v) is 13.7. The second kappa shape index (κ2) is 7.94. The van der Waals surface area contributed by atoms with Gasteiger partial charge in [-0.1, -0.05) is 31.1 Å². The number of carbonyl (C=O) groups is 1. The third-order valence-electron chi connectivity index (χ3n) is 3.89. The summed E-state index contributed by atoms with van der Waals surface area (Å²) in [5, 5.41) is 3.77. The maximum Gasteiger partial charge on any atom is 0.263 e. The molecule has 1 aliphatic rings. The highest BCUT2D eigenvalue weighted by molar-refractivity contribution is 5.82. The first-order chi connectivity index (χ1) is 10.9. The summed E-state index contributed by atoms with van der Waals surface area (Å²) >= 11 is 0. The van der Waals surface area contributed by atoms with E-state index in [1.165, 1.54) is 12.1 Å². The molecule has 1 aromatic carbocycles. The van der Waals surface area contributed by atoms with Crippen molar-refractivity contribution in [2.24, 2.45) is 22.7 Å². The third kappa shape index (κ3) is 5.54. The number of oxime groups is 1. The minimum atomic E-state index is -0.295. The van der Waals surface area contributed by atoms with Crippen LogP contribution in [0.5, 0.6) is 0 Å². The van der Waals surface area contributed by atoms with E-state index in [0.717, 1.165) is 25.1 Å². The van der Waals surface area contributed by atoms with Gasteiger partial charge in [0.1, 0.15) is 11.7 Å². The molecule has 5 nitrogen and oxygen atoms in total. The standard InChI is InChI=1S/C17H24FN3O2/c1-12-7-13(2)10-21(9-12)17(22)11-23-20-16(19)8-14-3-5-15(18)6-4-14/h3-6,12-13H,7-11H2,1-2H3,(H2,19,20). The lowest BCUT2D eigenvalue weighted by Crippen LogP contribution is -2.44. The molecule has 2 atom stereocenters. The van der Waals surface area contributed by atoms with E-state index >= 15 is 0 Å². The molecule has 0 saturated carbocycles. The normalized spacial score (nSPS) is 22.0. The molecule has 0 bridgehead atoms. The Bertz CT molecular complexity index is 549. The van der Waals surface area contributed by atoms with Crippen molar-refractivity contribution < 1.29 is 14.0 Å². The van der Waals surface area contributed by atoms with Crippen molar-refractivity contribution in [1.82, 2.24) is 4.90 Å². The number of nitrogens with zero attached hydrogens (tertiary/aromatic N) is 2. The number of halogens is 1. The van der Waals surface area contributed by atoms with Gasteiger partial charge in [-0.25, -0.2) is 4.39 Å². The smallest absolute Gasteiger partial charge is 0.263 e. The zero-order chi connectivity index (χ0) is 16.8. The van der Waals surface area contributed by atoms with Crippen molar-refractivity contribution in [2.75, 3.05) is 19.7 Å². The maximum atomic E-state index is 12.8. The Labute approximate surface area is 136 Å². The van der Waals surface area contributed by atoms with Crippen LogP contribution in [-0.2, 0) is 16.1 Å². The number of amides is 1. The fourth-order valence-corrected chi connectivity index (χ4v) is 2.97. The highest BCUT2D eigenvalue weighted by Gasteiger charge is 2.25. The molecule has 1 aromatic rings. The van der Waals surface area contributed by atoms with Gasteiger partial charge in [0.2, 0.25) is 0 Å². The first-order valence-electron chi connectivity index (χ1n) is 7.90. The van der Waals surface area contributed by atoms with E-state index in [-0.39, 0.29) is 24.2 Å². The van der Waals surface area contributed by atoms with Crippen molar-refractivity contribution in [3.63, 3.8) is 0 Å². The zero-order valence-electron chi connectivity index (χ0n) is 13.7. The van der Waals surface area contributed by atoms with Crippen LogP contribution >= 0.6 is 0 Å². The van der Waals surface area contributed by atoms with Crippen molar-refractivity contribution >= 4 is 11.7 Å². The topological polar surface area (TPSA) is 67.9 Å².